The normalized spacial score (nSPS) is 6.26. The summed E-state index contributed by atoms with van der Waals surface area (Å²) in [7, 11) is 0. The van der Waals surface area contributed by atoms with Gasteiger partial charge in [-0.3, -0.25) is 0 Å². The number of nitriles is 1. The van der Waals surface area contributed by atoms with Crippen molar-refractivity contribution in [2.45, 2.75) is 4.90 Å². The Morgan fingerprint density at radius 1 is 1.00 bits per heavy atom. The maximum atomic E-state index is 8.34. The maximum absolute atomic E-state index is 8.34. The standard InChI is InChI=1S/C7H5NS.C5H5.2CO.Fe/c8-5-6-1-3-7(9)4-2-6;1-2-4-5-3-1;2*1-2;/h1-4,9H;1-5H;;;/q;-1;;;+2/p-1. The van der Waals surface area contributed by atoms with Crippen molar-refractivity contribution in [1.82, 2.24) is 0 Å². The van der Waals surface area contributed by atoms with Crippen LogP contribution in [0.1, 0.15) is 5.56 Å². The van der Waals surface area contributed by atoms with Gasteiger partial charge in [-0.1, -0.05) is 12.1 Å². The van der Waals surface area contributed by atoms with Crippen LogP contribution < -0.4 is 0 Å². The van der Waals surface area contributed by atoms with Gasteiger partial charge in [0.1, 0.15) is 0 Å². The van der Waals surface area contributed by atoms with Crippen molar-refractivity contribution in [2.75, 3.05) is 0 Å². The first-order chi connectivity index (χ1) is 8.83. The van der Waals surface area contributed by atoms with E-state index in [1.165, 1.54) is 0 Å². The summed E-state index contributed by atoms with van der Waals surface area (Å²) in [5.74, 6) is 0. The van der Waals surface area contributed by atoms with Crippen molar-refractivity contribution in [1.29, 1.82) is 5.26 Å². The van der Waals surface area contributed by atoms with Crippen LogP contribution in [-0.2, 0) is 39.0 Å². The van der Waals surface area contributed by atoms with Gasteiger partial charge < -0.3 is 12.6 Å². The van der Waals surface area contributed by atoms with E-state index >= 15 is 0 Å². The van der Waals surface area contributed by atoms with Crippen LogP contribution in [-0.4, -0.2) is 0 Å². The van der Waals surface area contributed by atoms with Crippen LogP contribution in [0.4, 0.5) is 0 Å². The molecule has 2 aromatic carbocycles. The summed E-state index contributed by atoms with van der Waals surface area (Å²) in [6, 6.07) is 18.9. The van der Waals surface area contributed by atoms with Gasteiger partial charge in [-0.2, -0.15) is 28.4 Å². The summed E-state index contributed by atoms with van der Waals surface area (Å²) >= 11 is 4.81. The first-order valence-electron chi connectivity index (χ1n) is 4.57. The number of rotatable bonds is 0. The van der Waals surface area contributed by atoms with Crippen molar-refractivity contribution in [2.24, 2.45) is 0 Å². The van der Waals surface area contributed by atoms with Gasteiger partial charge in [-0.15, -0.1) is 0 Å². The predicted molar refractivity (Wildman–Crippen MR) is 66.7 cm³/mol. The molecule has 0 saturated heterocycles. The SMILES string of the molecule is N#Cc1ccc([S-])cc1.[C-]#[O+].[C-]#[O+].[Fe+2].c1cc[cH-]c1. The summed E-state index contributed by atoms with van der Waals surface area (Å²) in [5, 5.41) is 8.34. The predicted octanol–water partition coefficient (Wildman–Crippen LogP) is 2.79. The fourth-order valence-corrected chi connectivity index (χ4v) is 0.986. The second kappa shape index (κ2) is 18.6. The maximum Gasteiger partial charge on any atom is 2.00 e. The topological polar surface area (TPSA) is 63.6 Å². The smallest absolute Gasteiger partial charge is 0.214 e. The van der Waals surface area contributed by atoms with Gasteiger partial charge in [0.25, 0.3) is 0 Å². The van der Waals surface area contributed by atoms with Crippen LogP contribution in [0.3, 0.4) is 0 Å². The minimum atomic E-state index is 0. The number of nitrogens with zero attached hydrogens (tertiary/aromatic N) is 1. The van der Waals surface area contributed by atoms with Crippen LogP contribution >= 0.6 is 0 Å². The Morgan fingerprint density at radius 3 is 1.68 bits per heavy atom. The van der Waals surface area contributed by atoms with E-state index in [0.29, 0.717) is 5.56 Å². The molecular formula is C14H9FeNO2S. The molecule has 3 nitrogen and oxygen atoms in total. The molecule has 0 heterocycles. The molecule has 0 unspecified atom stereocenters. The molecule has 0 bridgehead atoms. The van der Waals surface area contributed by atoms with Crippen molar-refractivity contribution in [3.63, 3.8) is 0 Å². The van der Waals surface area contributed by atoms with Gasteiger partial charge >= 0.3 is 39.7 Å². The Kier molecular flexibility index (Phi) is 22.0. The zero-order chi connectivity index (χ0) is 14.2. The van der Waals surface area contributed by atoms with E-state index in [9.17, 15) is 0 Å². The Bertz CT molecular complexity index is 446. The van der Waals surface area contributed by atoms with E-state index in [0.717, 1.165) is 4.90 Å². The van der Waals surface area contributed by atoms with Gasteiger partial charge in [0, 0.05) is 0 Å². The molecule has 96 valence electrons. The third-order valence-corrected chi connectivity index (χ3v) is 1.81. The second-order valence-corrected chi connectivity index (χ2v) is 3.07. The molecule has 5 heteroatoms. The average molecular weight is 311 g/mol. The van der Waals surface area contributed by atoms with Crippen LogP contribution in [0.25, 0.3) is 0 Å². The second-order valence-electron chi connectivity index (χ2n) is 2.60. The molecule has 0 aliphatic rings. The summed E-state index contributed by atoms with van der Waals surface area (Å²) in [6.45, 7) is 9.00. The Hall–Kier alpha value is -1.72. The van der Waals surface area contributed by atoms with Gasteiger partial charge in [0.2, 0.25) is 0 Å². The molecule has 0 saturated carbocycles. The van der Waals surface area contributed by atoms with Crippen molar-refractivity contribution < 1.29 is 26.4 Å². The first-order valence-corrected chi connectivity index (χ1v) is 4.98. The van der Waals surface area contributed by atoms with Crippen molar-refractivity contribution >= 4 is 12.6 Å². The average Bonchev–Trinajstić information content (AvgIpc) is 3.03. The first kappa shape index (κ1) is 22.5. The molecule has 19 heavy (non-hydrogen) atoms. The fourth-order valence-electron chi connectivity index (χ4n) is 0.850. The Morgan fingerprint density at radius 2 is 1.42 bits per heavy atom. The van der Waals surface area contributed by atoms with E-state index in [1.54, 1.807) is 24.3 Å². The minimum absolute atomic E-state index is 0. The van der Waals surface area contributed by atoms with Crippen molar-refractivity contribution in [3.05, 3.63) is 73.5 Å². The molecule has 0 N–H and O–H groups in total. The summed E-state index contributed by atoms with van der Waals surface area (Å²) in [4.78, 5) is 0.772. The van der Waals surface area contributed by atoms with Gasteiger partial charge in [-0.05, 0) is 12.1 Å². The van der Waals surface area contributed by atoms with E-state index < -0.39 is 0 Å². The van der Waals surface area contributed by atoms with E-state index in [4.69, 9.17) is 27.2 Å². The monoisotopic (exact) mass is 311 g/mol. The van der Waals surface area contributed by atoms with Crippen molar-refractivity contribution in [3.8, 4) is 6.07 Å². The Balaban J connectivity index is -0.000000220. The molecule has 0 aliphatic heterocycles. The molecule has 0 spiro atoms. The third-order valence-electron chi connectivity index (χ3n) is 1.54. The molecule has 0 aliphatic carbocycles. The van der Waals surface area contributed by atoms with Gasteiger partial charge in [0.05, 0.1) is 11.6 Å². The molecule has 0 radical (unpaired) electrons. The summed E-state index contributed by atoms with van der Waals surface area (Å²) in [5.41, 5.74) is 0.656. The molecular weight excluding hydrogens is 302 g/mol. The largest absolute Gasteiger partial charge is 2.00 e. The molecule has 2 aromatic rings. The molecule has 0 amide bonds. The third kappa shape index (κ3) is 14.2. The van der Waals surface area contributed by atoms with Crippen LogP contribution in [0, 0.1) is 24.6 Å². The summed E-state index contributed by atoms with van der Waals surface area (Å²) < 4.78 is 15.0. The molecule has 0 atom stereocenters. The van der Waals surface area contributed by atoms with Gasteiger partial charge in [0.15, 0.2) is 0 Å². The van der Waals surface area contributed by atoms with Crippen LogP contribution in [0.5, 0.6) is 0 Å². The van der Waals surface area contributed by atoms with E-state index in [2.05, 4.69) is 13.3 Å². The zero-order valence-electron chi connectivity index (χ0n) is 9.72. The van der Waals surface area contributed by atoms with E-state index in [-0.39, 0.29) is 17.1 Å². The minimum Gasteiger partial charge on any atom is -0.214 e. The van der Waals surface area contributed by atoms with Gasteiger partial charge in [-0.25, -0.2) is 12.1 Å². The van der Waals surface area contributed by atoms with Crippen LogP contribution in [0.2, 0.25) is 0 Å². The molecule has 0 fully saturated rings. The number of benzene rings is 1. The summed E-state index contributed by atoms with van der Waals surface area (Å²) in [6.07, 6.45) is 0. The quantitative estimate of drug-likeness (QED) is 0.325. The van der Waals surface area contributed by atoms with Crippen LogP contribution in [0.15, 0.2) is 59.5 Å². The van der Waals surface area contributed by atoms with E-state index in [1.807, 2.05) is 36.4 Å². The zero-order valence-corrected chi connectivity index (χ0v) is 11.6. The molecule has 0 aromatic heterocycles. The fraction of sp³-hybridized carbons (Fsp3) is 0. The number of hydrogen-bond donors (Lipinski definition) is 0. The number of hydrogen-bond acceptors (Lipinski definition) is 2. The Labute approximate surface area is 128 Å². The molecule has 2 rings (SSSR count).